The molecule has 0 unspecified atom stereocenters. The van der Waals surface area contributed by atoms with Crippen molar-refractivity contribution in [2.24, 2.45) is 0 Å². The number of aliphatic hydroxyl groups excluding tert-OH is 1. The lowest BCUT2D eigenvalue weighted by molar-refractivity contribution is -0.123. The van der Waals surface area contributed by atoms with E-state index in [0.717, 1.165) is 15.4 Å². The van der Waals surface area contributed by atoms with Crippen molar-refractivity contribution in [3.8, 4) is 0 Å². The van der Waals surface area contributed by atoms with Gasteiger partial charge in [-0.2, -0.15) is 4.31 Å². The van der Waals surface area contributed by atoms with Gasteiger partial charge in [-0.25, -0.2) is 17.8 Å². The van der Waals surface area contributed by atoms with Gasteiger partial charge in [-0.1, -0.05) is 71.0 Å². The normalized spacial score (nSPS) is 12.9. The molecule has 3 aromatic carbocycles. The summed E-state index contributed by atoms with van der Waals surface area (Å²) in [6, 6.07) is 25.2. The van der Waals surface area contributed by atoms with Gasteiger partial charge in [-0.05, 0) is 54.4 Å². The number of carbonyl (C=O) groups excluding carboxylic acids is 1. The summed E-state index contributed by atoms with van der Waals surface area (Å²) in [6.07, 6.45) is -1.35. The molecule has 0 aliphatic heterocycles. The van der Waals surface area contributed by atoms with E-state index in [1.165, 1.54) is 35.6 Å². The number of aromatic nitrogens is 2. The van der Waals surface area contributed by atoms with Gasteiger partial charge < -0.3 is 26.6 Å². The number of rotatable bonds is 14. The maximum Gasteiger partial charge on any atom is 0.405 e. The molecular weight excluding hydrogens is 657 g/mol. The molecule has 0 aliphatic rings. The lowest BCUT2D eigenvalue weighted by Crippen LogP contribution is -2.49. The van der Waals surface area contributed by atoms with Gasteiger partial charge in [0.15, 0.2) is 0 Å². The first-order valence-corrected chi connectivity index (χ1v) is 17.1. The third-order valence-corrected chi connectivity index (χ3v) is 10.8. The zero-order valence-electron chi connectivity index (χ0n) is 25.8. The van der Waals surface area contributed by atoms with Crippen LogP contribution in [0.1, 0.15) is 44.2 Å². The van der Waals surface area contributed by atoms with E-state index in [2.05, 4.69) is 20.9 Å². The Morgan fingerprint density at radius 1 is 0.938 bits per heavy atom. The molecule has 2 heterocycles. The summed E-state index contributed by atoms with van der Waals surface area (Å²) < 4.78 is 33.8. The number of hydrogen-bond donors (Lipinski definition) is 5. The van der Waals surface area contributed by atoms with Crippen molar-refractivity contribution in [3.63, 3.8) is 0 Å². The molecule has 0 aliphatic carbocycles. The minimum Gasteiger partial charge on any atom is -0.465 e. The molecule has 250 valence electrons. The average Bonchev–Trinajstić information content (AvgIpc) is 3.73. The summed E-state index contributed by atoms with van der Waals surface area (Å²) in [5.41, 5.74) is 8.35. The van der Waals surface area contributed by atoms with Crippen molar-refractivity contribution in [1.82, 2.24) is 25.3 Å². The second-order valence-electron chi connectivity index (χ2n) is 10.9. The van der Waals surface area contributed by atoms with Crippen molar-refractivity contribution in [2.75, 3.05) is 12.3 Å². The number of amides is 2. The number of nitrogen functional groups attached to an aromatic ring is 1. The lowest BCUT2D eigenvalue weighted by Gasteiger charge is -2.28. The first-order chi connectivity index (χ1) is 23.1. The fourth-order valence-electron chi connectivity index (χ4n) is 5.29. The van der Waals surface area contributed by atoms with E-state index < -0.39 is 46.6 Å². The molecule has 48 heavy (non-hydrogen) atoms. The molecule has 0 saturated heterocycles. The van der Waals surface area contributed by atoms with Crippen LogP contribution in [0.3, 0.4) is 0 Å². The van der Waals surface area contributed by atoms with Crippen LogP contribution in [-0.4, -0.2) is 57.9 Å². The van der Waals surface area contributed by atoms with Crippen LogP contribution >= 0.6 is 11.3 Å². The number of carboxylic acid groups (broad SMARTS) is 1. The Kier molecular flexibility index (Phi) is 10.9. The summed E-state index contributed by atoms with van der Waals surface area (Å²) in [4.78, 5) is 26.7. The fourth-order valence-corrected chi connectivity index (χ4v) is 7.97. The van der Waals surface area contributed by atoms with Crippen LogP contribution in [0.4, 0.5) is 10.5 Å². The van der Waals surface area contributed by atoms with Gasteiger partial charge in [0.05, 0.1) is 30.6 Å². The number of carbonyl (C=O) groups is 2. The predicted octanol–water partition coefficient (Wildman–Crippen LogP) is 4.03. The summed E-state index contributed by atoms with van der Waals surface area (Å²) >= 11 is 1.20. The maximum atomic E-state index is 13.9. The molecule has 0 saturated carbocycles. The van der Waals surface area contributed by atoms with Crippen molar-refractivity contribution in [1.29, 1.82) is 0 Å². The van der Waals surface area contributed by atoms with Gasteiger partial charge in [-0.15, -0.1) is 11.3 Å². The lowest BCUT2D eigenvalue weighted by atomic mass is 9.84. The zero-order chi connectivity index (χ0) is 34.3. The molecular formula is C33H34N6O7S2. The first-order valence-electron chi connectivity index (χ1n) is 14.8. The third kappa shape index (κ3) is 7.88. The molecule has 5 aromatic rings. The highest BCUT2D eigenvalue weighted by Gasteiger charge is 2.35. The van der Waals surface area contributed by atoms with Crippen molar-refractivity contribution < 1.29 is 32.8 Å². The van der Waals surface area contributed by atoms with E-state index in [-0.39, 0.29) is 23.7 Å². The van der Waals surface area contributed by atoms with Gasteiger partial charge in [0.1, 0.15) is 17.4 Å². The van der Waals surface area contributed by atoms with Gasteiger partial charge in [-0.3, -0.25) is 4.79 Å². The summed E-state index contributed by atoms with van der Waals surface area (Å²) in [7, 11) is -4.19. The number of thiophene rings is 1. The highest BCUT2D eigenvalue weighted by molar-refractivity contribution is 7.89. The van der Waals surface area contributed by atoms with Gasteiger partial charge in [0.25, 0.3) is 0 Å². The Balaban J connectivity index is 1.40. The first kappa shape index (κ1) is 34.3. The van der Waals surface area contributed by atoms with Crippen molar-refractivity contribution in [3.05, 3.63) is 129 Å². The molecule has 6 N–H and O–H groups in total. The second-order valence-corrected chi connectivity index (χ2v) is 14.0. The zero-order valence-corrected chi connectivity index (χ0v) is 27.4. The number of nitrogens with two attached hydrogens (primary N) is 1. The number of aryl methyl sites for hydroxylation is 1. The second kappa shape index (κ2) is 15.2. The quantitative estimate of drug-likeness (QED) is 0.106. The molecule has 0 bridgehead atoms. The van der Waals surface area contributed by atoms with Crippen LogP contribution in [0, 0.1) is 6.92 Å². The smallest absolute Gasteiger partial charge is 0.405 e. The van der Waals surface area contributed by atoms with E-state index in [1.807, 2.05) is 60.7 Å². The third-order valence-electron chi connectivity index (χ3n) is 7.72. The average molecular weight is 691 g/mol. The van der Waals surface area contributed by atoms with E-state index in [0.29, 0.717) is 21.1 Å². The number of aliphatic hydroxyl groups is 1. The van der Waals surface area contributed by atoms with Gasteiger partial charge >= 0.3 is 6.09 Å². The molecule has 2 amide bonds. The van der Waals surface area contributed by atoms with Crippen LogP contribution in [0.15, 0.2) is 107 Å². The minimum atomic E-state index is -4.19. The number of nitrogens with one attached hydrogen (secondary N) is 2. The van der Waals surface area contributed by atoms with Crippen LogP contribution in [0.2, 0.25) is 0 Å². The van der Waals surface area contributed by atoms with Crippen molar-refractivity contribution >= 4 is 39.0 Å². The Hall–Kier alpha value is -5.09. The highest BCUT2D eigenvalue weighted by atomic mass is 32.2. The van der Waals surface area contributed by atoms with Crippen molar-refractivity contribution in [2.45, 2.75) is 42.9 Å². The Morgan fingerprint density at radius 2 is 1.56 bits per heavy atom. The van der Waals surface area contributed by atoms with Gasteiger partial charge in [0.2, 0.25) is 15.9 Å². The Morgan fingerprint density at radius 3 is 2.10 bits per heavy atom. The topological polar surface area (TPSA) is 201 Å². The van der Waals surface area contributed by atoms with Crippen LogP contribution < -0.4 is 16.4 Å². The number of anilines is 1. The summed E-state index contributed by atoms with van der Waals surface area (Å²) in [6.45, 7) is 0.852. The standard InChI is InChI=1S/C33H34N6O7S2/c1-21-27(38-46-37-21)19-39(48(44,45)26-15-12-24(34)13-16-26)28(20-40)29-17-14-25(47-29)18-35-32(41)31(36-33(42)43)30(22-8-4-2-5-9-22)23-10-6-3-7-11-23/h2-17,28,30-31,36,40H,18-20,34H2,1H3,(H,35,41)(H,42,43)/t28-,31+/m1/s1. The predicted molar refractivity (Wildman–Crippen MR) is 178 cm³/mol. The van der Waals surface area contributed by atoms with E-state index in [4.69, 9.17) is 10.4 Å². The fraction of sp³-hybridized carbons (Fsp3) is 0.212. The largest absolute Gasteiger partial charge is 0.465 e. The van der Waals surface area contributed by atoms with Crippen LogP contribution in [-0.2, 0) is 27.9 Å². The molecule has 2 atom stereocenters. The summed E-state index contributed by atoms with van der Waals surface area (Å²) in [5, 5.41) is 33.1. The number of hydrogen-bond acceptors (Lipinski definition) is 10. The Bertz CT molecular complexity index is 1890. The van der Waals surface area contributed by atoms with Gasteiger partial charge in [0, 0.05) is 21.4 Å². The molecule has 5 rings (SSSR count). The SMILES string of the molecule is Cc1nonc1CN([C@H](CO)c1ccc(CNC(=O)[C@@H](NC(=O)O)C(c2ccccc2)c2ccccc2)s1)S(=O)(=O)c1ccc(N)cc1. The van der Waals surface area contributed by atoms with E-state index in [1.54, 1.807) is 19.1 Å². The molecule has 15 heteroatoms. The maximum absolute atomic E-state index is 13.9. The molecule has 0 fully saturated rings. The molecule has 2 aromatic heterocycles. The van der Waals surface area contributed by atoms with E-state index in [9.17, 15) is 28.2 Å². The number of sulfonamides is 1. The molecule has 0 radical (unpaired) electrons. The number of benzene rings is 3. The Labute approximate surface area is 281 Å². The highest BCUT2D eigenvalue weighted by Crippen LogP contribution is 2.34. The molecule has 0 spiro atoms. The number of nitrogens with zero attached hydrogens (tertiary/aromatic N) is 3. The minimum absolute atomic E-state index is 0.0206. The van der Waals surface area contributed by atoms with E-state index >= 15 is 0 Å². The summed E-state index contributed by atoms with van der Waals surface area (Å²) in [5.74, 6) is -1.17. The monoisotopic (exact) mass is 690 g/mol. The van der Waals surface area contributed by atoms with Crippen LogP contribution in [0.5, 0.6) is 0 Å². The molecule has 13 nitrogen and oxygen atoms in total. The van der Waals surface area contributed by atoms with Crippen LogP contribution in [0.25, 0.3) is 0 Å².